The first-order chi connectivity index (χ1) is 10.2. The second-order valence-corrected chi connectivity index (χ2v) is 7.33. The van der Waals surface area contributed by atoms with Gasteiger partial charge < -0.3 is 6.53 Å². The van der Waals surface area contributed by atoms with Crippen LogP contribution in [0.4, 0.5) is 0 Å². The number of aliphatic carboxylic acids is 1. The van der Waals surface area contributed by atoms with Crippen LogP contribution in [0.3, 0.4) is 0 Å². The number of carboxylic acid groups (broad SMARTS) is 1. The summed E-state index contributed by atoms with van der Waals surface area (Å²) in [4.78, 5) is 10.6. The van der Waals surface area contributed by atoms with Crippen LogP contribution in [0.2, 0.25) is 0 Å². The Morgan fingerprint density at radius 1 is 0.955 bits per heavy atom. The molecular weight excluding hydrogens is 398 g/mol. The summed E-state index contributed by atoms with van der Waals surface area (Å²) in [5, 5.41) is 8.77. The maximum atomic E-state index is 10.6. The number of carboxylic acids is 1. The zero-order valence-corrected chi connectivity index (χ0v) is 18.8. The Morgan fingerprint density at radius 2 is 1.41 bits per heavy atom. The van der Waals surface area contributed by atoms with Crippen molar-refractivity contribution in [3.05, 3.63) is 12.2 Å². The van der Waals surface area contributed by atoms with E-state index in [1.807, 2.05) is 22.6 Å². The molecule has 0 fully saturated rings. The first-order valence-corrected chi connectivity index (χ1v) is 9.95. The molecule has 0 aromatic rings. The van der Waals surface area contributed by atoms with E-state index < -0.39 is 5.97 Å². The maximum Gasteiger partial charge on any atom is 1.00 e. The van der Waals surface area contributed by atoms with Gasteiger partial charge in [-0.05, 0) is 32.1 Å². The Bertz CT molecular complexity index is 276. The van der Waals surface area contributed by atoms with Crippen molar-refractivity contribution in [1.82, 2.24) is 0 Å². The van der Waals surface area contributed by atoms with Crippen molar-refractivity contribution < 1.29 is 40.9 Å². The predicted octanol–water partition coefficient (Wildman–Crippen LogP) is 3.64. The molecule has 0 heterocycles. The Labute approximate surface area is 174 Å². The summed E-state index contributed by atoms with van der Waals surface area (Å²) < 4.78 is -0.208. The number of hydrogen-bond donors (Lipinski definition) is 1. The summed E-state index contributed by atoms with van der Waals surface area (Å²) in [6, 6.07) is 0. The summed E-state index contributed by atoms with van der Waals surface area (Å²) in [7, 11) is 0. The topological polar surface area (TPSA) is 37.3 Å². The molecule has 0 aromatic heterocycles. The van der Waals surface area contributed by atoms with Gasteiger partial charge in [0.2, 0.25) is 0 Å². The standard InChI is InChI=1S/C18H33IO2.Na.H/c1-2-3-4-5-6-7-8-9-10-11-12-13-14-15-16-17(19)18(20)21;;/h9-10,17H,2-8,11-16H2,1H3,(H,20,21);;/q;+1;-1/b10-9-;;. The molecule has 0 spiro atoms. The van der Waals surface area contributed by atoms with Gasteiger partial charge in [0, 0.05) is 0 Å². The Kier molecular flexibility index (Phi) is 22.9. The van der Waals surface area contributed by atoms with Crippen LogP contribution in [0.25, 0.3) is 0 Å². The van der Waals surface area contributed by atoms with Crippen molar-refractivity contribution in [2.45, 2.75) is 94.3 Å². The summed E-state index contributed by atoms with van der Waals surface area (Å²) >= 11 is 2.02. The average molecular weight is 432 g/mol. The van der Waals surface area contributed by atoms with Gasteiger partial charge in [0.1, 0.15) is 3.92 Å². The van der Waals surface area contributed by atoms with Crippen LogP contribution in [-0.4, -0.2) is 15.0 Å². The minimum atomic E-state index is -0.673. The molecule has 0 aromatic carbocycles. The molecule has 0 amide bonds. The van der Waals surface area contributed by atoms with E-state index in [2.05, 4.69) is 19.1 Å². The molecule has 0 aliphatic heterocycles. The van der Waals surface area contributed by atoms with E-state index in [0.29, 0.717) is 0 Å². The van der Waals surface area contributed by atoms with Crippen LogP contribution in [0.1, 0.15) is 91.8 Å². The van der Waals surface area contributed by atoms with Crippen LogP contribution < -0.4 is 29.6 Å². The van der Waals surface area contributed by atoms with Crippen molar-refractivity contribution in [3.63, 3.8) is 0 Å². The van der Waals surface area contributed by atoms with E-state index in [1.54, 1.807) is 0 Å². The number of rotatable bonds is 15. The van der Waals surface area contributed by atoms with Crippen molar-refractivity contribution >= 4 is 28.6 Å². The first kappa shape index (κ1) is 25.2. The van der Waals surface area contributed by atoms with Gasteiger partial charge in [-0.15, -0.1) is 0 Å². The smallest absolute Gasteiger partial charge is 1.00 e. The van der Waals surface area contributed by atoms with Gasteiger partial charge in [-0.2, -0.15) is 0 Å². The molecular formula is C18H34INaO2. The van der Waals surface area contributed by atoms with Gasteiger partial charge >= 0.3 is 35.5 Å². The van der Waals surface area contributed by atoms with E-state index in [9.17, 15) is 4.79 Å². The molecule has 1 atom stereocenters. The minimum Gasteiger partial charge on any atom is -1.00 e. The molecule has 0 radical (unpaired) electrons. The maximum absolute atomic E-state index is 10.6. The molecule has 0 saturated heterocycles. The SMILES string of the molecule is CCCCCCCC/C=C\CCCCCCC(I)C(=O)O.[H-].[Na+]. The van der Waals surface area contributed by atoms with Crippen LogP contribution in [0.15, 0.2) is 12.2 Å². The zero-order valence-electron chi connectivity index (χ0n) is 15.7. The van der Waals surface area contributed by atoms with E-state index >= 15 is 0 Å². The quantitative estimate of drug-likeness (QED) is 0.141. The molecule has 0 aliphatic rings. The van der Waals surface area contributed by atoms with Crippen molar-refractivity contribution in [2.24, 2.45) is 0 Å². The third-order valence-electron chi connectivity index (χ3n) is 3.74. The van der Waals surface area contributed by atoms with Gasteiger partial charge in [-0.1, -0.05) is 93.0 Å². The summed E-state index contributed by atoms with van der Waals surface area (Å²) in [5.74, 6) is -0.673. The third-order valence-corrected chi connectivity index (χ3v) is 4.89. The molecule has 0 bridgehead atoms. The fraction of sp³-hybridized carbons (Fsp3) is 0.833. The number of carbonyl (C=O) groups is 1. The molecule has 0 saturated carbocycles. The average Bonchev–Trinajstić information content (AvgIpc) is 2.47. The van der Waals surface area contributed by atoms with E-state index in [0.717, 1.165) is 19.3 Å². The third kappa shape index (κ3) is 19.0. The Balaban J connectivity index is -0.00000200. The molecule has 2 nitrogen and oxygen atoms in total. The van der Waals surface area contributed by atoms with Gasteiger partial charge in [-0.25, -0.2) is 0 Å². The van der Waals surface area contributed by atoms with E-state index in [4.69, 9.17) is 5.11 Å². The molecule has 1 unspecified atom stereocenters. The molecule has 126 valence electrons. The predicted molar refractivity (Wildman–Crippen MR) is 101 cm³/mol. The largest absolute Gasteiger partial charge is 1.00 e. The molecule has 0 aliphatic carbocycles. The van der Waals surface area contributed by atoms with E-state index in [-0.39, 0.29) is 34.9 Å². The number of hydrogen-bond acceptors (Lipinski definition) is 1. The van der Waals surface area contributed by atoms with Gasteiger partial charge in [-0.3, -0.25) is 4.79 Å². The summed E-state index contributed by atoms with van der Waals surface area (Å²) in [6.45, 7) is 2.26. The Hall–Kier alpha value is 0.940. The second-order valence-electron chi connectivity index (χ2n) is 5.83. The zero-order chi connectivity index (χ0) is 15.8. The molecule has 1 N–H and O–H groups in total. The van der Waals surface area contributed by atoms with Crippen molar-refractivity contribution in [3.8, 4) is 0 Å². The van der Waals surface area contributed by atoms with Crippen LogP contribution in [0, 0.1) is 0 Å². The normalized spacial score (nSPS) is 12.3. The number of halogens is 1. The molecule has 22 heavy (non-hydrogen) atoms. The number of unbranched alkanes of at least 4 members (excludes halogenated alkanes) is 10. The monoisotopic (exact) mass is 432 g/mol. The van der Waals surface area contributed by atoms with Crippen molar-refractivity contribution in [2.75, 3.05) is 0 Å². The van der Waals surface area contributed by atoms with Gasteiger partial charge in [0.15, 0.2) is 0 Å². The van der Waals surface area contributed by atoms with Crippen LogP contribution in [0.5, 0.6) is 0 Å². The fourth-order valence-corrected chi connectivity index (χ4v) is 2.78. The van der Waals surface area contributed by atoms with Gasteiger partial charge in [0.05, 0.1) is 0 Å². The van der Waals surface area contributed by atoms with E-state index in [1.165, 1.54) is 64.2 Å². The molecule has 4 heteroatoms. The van der Waals surface area contributed by atoms with Crippen molar-refractivity contribution in [1.29, 1.82) is 0 Å². The molecule has 0 rings (SSSR count). The minimum absolute atomic E-state index is 0. The second kappa shape index (κ2) is 20.0. The number of alkyl halides is 1. The fourth-order valence-electron chi connectivity index (χ4n) is 2.34. The first-order valence-electron chi connectivity index (χ1n) is 8.70. The summed E-state index contributed by atoms with van der Waals surface area (Å²) in [6.07, 6.45) is 20.8. The summed E-state index contributed by atoms with van der Waals surface area (Å²) in [5.41, 5.74) is 0. The van der Waals surface area contributed by atoms with Gasteiger partial charge in [0.25, 0.3) is 0 Å². The Morgan fingerprint density at radius 3 is 1.91 bits per heavy atom. The number of allylic oxidation sites excluding steroid dienone is 2. The van der Waals surface area contributed by atoms with Crippen LogP contribution in [-0.2, 0) is 4.79 Å². The van der Waals surface area contributed by atoms with Crippen LogP contribution >= 0.6 is 22.6 Å².